The summed E-state index contributed by atoms with van der Waals surface area (Å²) in [5.74, 6) is 0.467. The van der Waals surface area contributed by atoms with Crippen LogP contribution in [-0.2, 0) is 16.6 Å². The summed E-state index contributed by atoms with van der Waals surface area (Å²) in [4.78, 5) is 12.6. The van der Waals surface area contributed by atoms with Crippen LogP contribution in [0.5, 0.6) is 11.5 Å². The zero-order valence-electron chi connectivity index (χ0n) is 13.1. The molecule has 2 aliphatic heterocycles. The average molecular weight is 314 g/mol. The number of likely N-dealkylation sites (N-methyl/N-ethyl adjacent to an activating group) is 1. The molecule has 5 unspecified atom stereocenters. The average Bonchev–Trinajstić information content (AvgIpc) is 2.86. The van der Waals surface area contributed by atoms with Gasteiger partial charge in [-0.3, -0.25) is 4.79 Å². The zero-order chi connectivity index (χ0) is 16.2. The highest BCUT2D eigenvalue weighted by Crippen LogP contribution is 2.65. The Balaban J connectivity index is 1.88. The number of rotatable bonds is 0. The zero-order valence-corrected chi connectivity index (χ0v) is 13.1. The van der Waals surface area contributed by atoms with Gasteiger partial charge in [0.1, 0.15) is 11.6 Å². The molecule has 0 amide bonds. The number of phenols is 1. The van der Waals surface area contributed by atoms with E-state index < -0.39 is 17.1 Å². The first-order valence-corrected chi connectivity index (χ1v) is 8.22. The lowest BCUT2D eigenvalue weighted by molar-refractivity contribution is -0.909. The molecule has 2 fully saturated rings. The fraction of sp³-hybridized carbons (Fsp3) is 0.556. The molecule has 23 heavy (non-hydrogen) atoms. The second-order valence-corrected chi connectivity index (χ2v) is 7.85. The number of hydrogen-bond acceptors (Lipinski definition) is 4. The Kier molecular flexibility index (Phi) is 2.24. The largest absolute Gasteiger partial charge is 0.504 e. The lowest BCUT2D eigenvalue weighted by Crippen LogP contribution is -2.79. The number of hydrogen-bond donors (Lipinski definition) is 2. The van der Waals surface area contributed by atoms with Crippen molar-refractivity contribution < 1.29 is 24.2 Å². The van der Waals surface area contributed by atoms with Crippen LogP contribution >= 0.6 is 0 Å². The quantitative estimate of drug-likeness (QED) is 0.699. The van der Waals surface area contributed by atoms with Crippen molar-refractivity contribution in [2.24, 2.45) is 0 Å². The lowest BCUT2D eigenvalue weighted by atomic mass is 9.48. The van der Waals surface area contributed by atoms with E-state index in [2.05, 4.69) is 0 Å². The molecular weight excluding hydrogens is 294 g/mol. The molecule has 1 spiro atoms. The normalized spacial score (nSPS) is 42.1. The van der Waals surface area contributed by atoms with Crippen LogP contribution in [0.1, 0.15) is 30.4 Å². The third kappa shape index (κ3) is 1.28. The lowest BCUT2D eigenvalue weighted by Gasteiger charge is -2.62. The molecule has 0 aromatic heterocycles. The van der Waals surface area contributed by atoms with Gasteiger partial charge in [0.15, 0.2) is 23.4 Å². The molecular formula is C18H20NO4+. The highest BCUT2D eigenvalue weighted by molar-refractivity contribution is 5.89. The number of carbonyl (C=O) groups is 1. The van der Waals surface area contributed by atoms with Gasteiger partial charge in [-0.2, -0.15) is 0 Å². The van der Waals surface area contributed by atoms with Gasteiger partial charge in [-0.15, -0.1) is 0 Å². The van der Waals surface area contributed by atoms with Crippen molar-refractivity contribution in [2.75, 3.05) is 13.6 Å². The van der Waals surface area contributed by atoms with E-state index in [1.165, 1.54) is 0 Å². The highest BCUT2D eigenvalue weighted by atomic mass is 16.5. The summed E-state index contributed by atoms with van der Waals surface area (Å²) in [6.45, 7) is 0.675. The number of phenolic OH excluding ortho intramolecular Hbond substituents is 1. The molecule has 1 aromatic rings. The van der Waals surface area contributed by atoms with Crippen LogP contribution in [0.3, 0.4) is 0 Å². The second-order valence-electron chi connectivity index (χ2n) is 7.85. The molecule has 2 radical (unpaired) electrons. The van der Waals surface area contributed by atoms with Crippen molar-refractivity contribution in [1.29, 1.82) is 0 Å². The summed E-state index contributed by atoms with van der Waals surface area (Å²) in [5, 5.41) is 22.0. The van der Waals surface area contributed by atoms with Crippen molar-refractivity contribution in [2.45, 2.75) is 48.8 Å². The molecule has 5 atom stereocenters. The fourth-order valence-corrected chi connectivity index (χ4v) is 5.78. The minimum absolute atomic E-state index is 0.0185. The standard InChI is InChI=1S/C18H20NO4/c1-19(2)8-7-17-14-10-3-4-11(20)15(14)23-16(17)12(21)5-6-18(17,22)13(19)9-10/h1,3-4,13,16,20,22H,5-9H2,2H3/q+1. The number of benzene rings is 1. The van der Waals surface area contributed by atoms with Crippen LogP contribution in [0.2, 0.25) is 0 Å². The van der Waals surface area contributed by atoms with Crippen molar-refractivity contribution in [3.63, 3.8) is 0 Å². The number of nitrogens with zero attached hydrogens (tertiary/aromatic N) is 1. The first-order valence-electron chi connectivity index (χ1n) is 8.22. The molecule has 2 bridgehead atoms. The minimum atomic E-state index is -1.07. The summed E-state index contributed by atoms with van der Waals surface area (Å²) < 4.78 is 6.21. The van der Waals surface area contributed by atoms with Gasteiger partial charge in [-0.1, -0.05) is 6.07 Å². The maximum atomic E-state index is 12.6. The van der Waals surface area contributed by atoms with Crippen LogP contribution in [0, 0.1) is 7.05 Å². The van der Waals surface area contributed by atoms with Gasteiger partial charge in [0, 0.05) is 24.8 Å². The van der Waals surface area contributed by atoms with Crippen LogP contribution < -0.4 is 4.74 Å². The Labute approximate surface area is 135 Å². The van der Waals surface area contributed by atoms with E-state index in [-0.39, 0.29) is 22.1 Å². The molecule has 2 N–H and O–H groups in total. The van der Waals surface area contributed by atoms with Gasteiger partial charge < -0.3 is 19.4 Å². The van der Waals surface area contributed by atoms with Gasteiger partial charge in [0.05, 0.1) is 19.0 Å². The third-order valence-corrected chi connectivity index (χ3v) is 6.83. The third-order valence-electron chi connectivity index (χ3n) is 6.83. The fourth-order valence-electron chi connectivity index (χ4n) is 5.78. The Hall–Kier alpha value is -1.59. The van der Waals surface area contributed by atoms with E-state index in [1.54, 1.807) is 6.07 Å². The van der Waals surface area contributed by atoms with Gasteiger partial charge in [0.25, 0.3) is 0 Å². The van der Waals surface area contributed by atoms with E-state index in [0.29, 0.717) is 38.0 Å². The number of ketones is 1. The molecule has 2 aliphatic carbocycles. The summed E-state index contributed by atoms with van der Waals surface area (Å²) in [7, 11) is 8.45. The summed E-state index contributed by atoms with van der Waals surface area (Å²) >= 11 is 0. The van der Waals surface area contributed by atoms with Crippen LogP contribution in [-0.4, -0.2) is 51.8 Å². The minimum Gasteiger partial charge on any atom is -0.504 e. The number of ether oxygens (including phenoxy) is 1. The molecule has 1 saturated heterocycles. The first-order chi connectivity index (χ1) is 10.8. The molecule has 1 aromatic carbocycles. The smallest absolute Gasteiger partial charge is 0.206 e. The number of aliphatic hydroxyl groups is 1. The number of carbonyl (C=O) groups excluding carboxylic acids is 1. The molecule has 1 saturated carbocycles. The Morgan fingerprint density at radius 3 is 2.96 bits per heavy atom. The number of piperidine rings is 1. The predicted molar refractivity (Wildman–Crippen MR) is 80.9 cm³/mol. The van der Waals surface area contributed by atoms with Gasteiger partial charge in [-0.05, 0) is 18.1 Å². The van der Waals surface area contributed by atoms with Gasteiger partial charge in [-0.25, -0.2) is 0 Å². The summed E-state index contributed by atoms with van der Waals surface area (Å²) in [6, 6.07) is 3.34. The van der Waals surface area contributed by atoms with E-state index in [1.807, 2.05) is 13.1 Å². The number of quaternary nitrogens is 1. The second kappa shape index (κ2) is 3.73. The van der Waals surface area contributed by atoms with Crippen LogP contribution in [0.4, 0.5) is 0 Å². The molecule has 5 heteroatoms. The predicted octanol–water partition coefficient (Wildman–Crippen LogP) is 0.929. The monoisotopic (exact) mass is 314 g/mol. The maximum Gasteiger partial charge on any atom is 0.206 e. The Morgan fingerprint density at radius 1 is 1.39 bits per heavy atom. The van der Waals surface area contributed by atoms with Gasteiger partial charge in [0.2, 0.25) is 7.05 Å². The van der Waals surface area contributed by atoms with Crippen molar-refractivity contribution in [3.8, 4) is 11.5 Å². The molecule has 5 nitrogen and oxygen atoms in total. The summed E-state index contributed by atoms with van der Waals surface area (Å²) in [5.41, 5.74) is 0.0682. The van der Waals surface area contributed by atoms with Crippen LogP contribution in [0.15, 0.2) is 12.1 Å². The number of Topliss-reactive ketones (excluding diaryl/α,β-unsaturated/α-hetero) is 1. The van der Waals surface area contributed by atoms with Crippen molar-refractivity contribution in [3.05, 3.63) is 30.3 Å². The molecule has 5 rings (SSSR count). The first kappa shape index (κ1) is 13.8. The van der Waals surface area contributed by atoms with E-state index >= 15 is 0 Å². The molecule has 4 aliphatic rings. The Morgan fingerprint density at radius 2 is 2.17 bits per heavy atom. The summed E-state index contributed by atoms with van der Waals surface area (Å²) in [6.07, 6.45) is 1.23. The molecule has 2 heterocycles. The van der Waals surface area contributed by atoms with E-state index in [0.717, 1.165) is 11.1 Å². The number of aromatic hydroxyl groups is 1. The van der Waals surface area contributed by atoms with Gasteiger partial charge >= 0.3 is 0 Å². The SMILES string of the molecule is [CH][N+]1(C)CCC23c4c5ccc(O)c4OC2C(=O)CCC3(O)C1C5. The number of likely N-dealkylation sites (tertiary alicyclic amines) is 1. The molecule has 120 valence electrons. The van der Waals surface area contributed by atoms with Crippen molar-refractivity contribution in [1.82, 2.24) is 0 Å². The van der Waals surface area contributed by atoms with E-state index in [9.17, 15) is 15.0 Å². The van der Waals surface area contributed by atoms with E-state index in [4.69, 9.17) is 11.8 Å². The van der Waals surface area contributed by atoms with Crippen molar-refractivity contribution >= 4 is 5.78 Å². The maximum absolute atomic E-state index is 12.6. The Bertz CT molecular complexity index is 758. The topological polar surface area (TPSA) is 66.8 Å². The highest BCUT2D eigenvalue weighted by Gasteiger charge is 2.76. The van der Waals surface area contributed by atoms with Crippen LogP contribution in [0.25, 0.3) is 0 Å².